The van der Waals surface area contributed by atoms with Gasteiger partial charge in [-0.25, -0.2) is 10.0 Å². The van der Waals surface area contributed by atoms with Crippen LogP contribution in [0.2, 0.25) is 0 Å². The normalized spacial score (nSPS) is 14.7. The highest BCUT2D eigenvalue weighted by atomic mass is 35.5. The number of piperidine rings is 1. The lowest BCUT2D eigenvalue weighted by atomic mass is 10.1. The van der Waals surface area contributed by atoms with E-state index in [0.29, 0.717) is 6.61 Å². The molecule has 0 bridgehead atoms. The van der Waals surface area contributed by atoms with E-state index >= 15 is 0 Å². The highest BCUT2D eigenvalue weighted by molar-refractivity contribution is 6.05. The van der Waals surface area contributed by atoms with Crippen LogP contribution >= 0.6 is 12.4 Å². The molecule has 0 N–H and O–H groups in total. The molecule has 1 aliphatic heterocycles. The molecule has 1 heterocycles. The summed E-state index contributed by atoms with van der Waals surface area (Å²) >= 11 is 0. The number of ether oxygens (including phenoxy) is 1. The lowest BCUT2D eigenvalue weighted by molar-refractivity contribution is -0.119. The Balaban J connectivity index is 0.00000243. The Morgan fingerprint density at radius 2 is 1.85 bits per heavy atom. The summed E-state index contributed by atoms with van der Waals surface area (Å²) in [6.07, 6.45) is 5.58. The maximum Gasteiger partial charge on any atom is 0.238 e. The average Bonchev–Trinajstić information content (AvgIpc) is 2.64. The van der Waals surface area contributed by atoms with E-state index in [9.17, 15) is 4.79 Å². The van der Waals surface area contributed by atoms with Crippen molar-refractivity contribution in [2.45, 2.75) is 46.0 Å². The summed E-state index contributed by atoms with van der Waals surface area (Å²) in [6, 6.07) is 12.3. The molecule has 2 aromatic rings. The number of nitrogens with zero attached hydrogens (tertiary/aromatic N) is 2. The van der Waals surface area contributed by atoms with Crippen LogP contribution in [0.4, 0.5) is 5.69 Å². The number of hydrazine groups is 1. The number of rotatable bonds is 6. The molecule has 4 nitrogen and oxygen atoms in total. The van der Waals surface area contributed by atoms with E-state index < -0.39 is 0 Å². The minimum Gasteiger partial charge on any atom is -0.491 e. The molecule has 0 saturated carbocycles. The van der Waals surface area contributed by atoms with Crippen LogP contribution in [-0.2, 0) is 4.79 Å². The number of hydrogen-bond acceptors (Lipinski definition) is 3. The highest BCUT2D eigenvalue weighted by Crippen LogP contribution is 2.38. The summed E-state index contributed by atoms with van der Waals surface area (Å²) in [5, 5.41) is 6.23. The topological polar surface area (TPSA) is 32.8 Å². The van der Waals surface area contributed by atoms with Crippen molar-refractivity contribution in [1.82, 2.24) is 5.01 Å². The summed E-state index contributed by atoms with van der Waals surface area (Å²) in [5.74, 6) is 0.839. The lowest BCUT2D eigenvalue weighted by Crippen LogP contribution is -2.48. The van der Waals surface area contributed by atoms with Crippen molar-refractivity contribution in [3.63, 3.8) is 0 Å². The number of unbranched alkanes of at least 4 members (excludes halogenated alkanes) is 1. The van der Waals surface area contributed by atoms with Gasteiger partial charge in [0.15, 0.2) is 0 Å². The lowest BCUT2D eigenvalue weighted by Gasteiger charge is -2.38. The third-order valence-electron chi connectivity index (χ3n) is 4.74. The Kier molecular flexibility index (Phi) is 7.73. The molecule has 3 rings (SSSR count). The number of fused-ring (bicyclic) bond motifs is 1. The summed E-state index contributed by atoms with van der Waals surface area (Å²) in [5.41, 5.74) is 0.892. The Labute approximate surface area is 162 Å². The Hall–Kier alpha value is -1.78. The molecule has 1 amide bonds. The average molecular weight is 377 g/mol. The molecule has 0 aliphatic carbocycles. The minimum atomic E-state index is 0. The second-order valence-electron chi connectivity index (χ2n) is 6.68. The first-order valence-corrected chi connectivity index (χ1v) is 9.42. The van der Waals surface area contributed by atoms with E-state index in [4.69, 9.17) is 4.74 Å². The van der Waals surface area contributed by atoms with Gasteiger partial charge in [0.1, 0.15) is 11.4 Å². The van der Waals surface area contributed by atoms with Crippen LogP contribution in [-0.4, -0.2) is 30.6 Å². The number of benzene rings is 2. The molecule has 26 heavy (non-hydrogen) atoms. The van der Waals surface area contributed by atoms with Gasteiger partial charge in [0, 0.05) is 25.4 Å². The van der Waals surface area contributed by atoms with Gasteiger partial charge in [-0.3, -0.25) is 4.79 Å². The van der Waals surface area contributed by atoms with Crippen molar-refractivity contribution in [3.05, 3.63) is 36.4 Å². The zero-order valence-corrected chi connectivity index (χ0v) is 16.6. The third-order valence-corrected chi connectivity index (χ3v) is 4.74. The van der Waals surface area contributed by atoms with Gasteiger partial charge in [-0.05, 0) is 30.7 Å². The fourth-order valence-electron chi connectivity index (χ4n) is 3.47. The predicted molar refractivity (Wildman–Crippen MR) is 110 cm³/mol. The summed E-state index contributed by atoms with van der Waals surface area (Å²) in [4.78, 5) is 12.6. The maximum absolute atomic E-state index is 12.6. The maximum atomic E-state index is 12.6. The first-order valence-electron chi connectivity index (χ1n) is 9.42. The quantitative estimate of drug-likeness (QED) is 0.650. The van der Waals surface area contributed by atoms with Gasteiger partial charge in [-0.2, -0.15) is 0 Å². The largest absolute Gasteiger partial charge is 0.491 e. The first kappa shape index (κ1) is 20.5. The van der Waals surface area contributed by atoms with Gasteiger partial charge in [0.25, 0.3) is 0 Å². The number of amides is 1. The molecule has 142 valence electrons. The summed E-state index contributed by atoms with van der Waals surface area (Å²) in [7, 11) is 0. The van der Waals surface area contributed by atoms with Crippen LogP contribution in [0.3, 0.4) is 0 Å². The van der Waals surface area contributed by atoms with Crippen LogP contribution in [0, 0.1) is 0 Å². The molecule has 1 aliphatic rings. The van der Waals surface area contributed by atoms with E-state index in [0.717, 1.165) is 61.0 Å². The Morgan fingerprint density at radius 1 is 1.12 bits per heavy atom. The van der Waals surface area contributed by atoms with Crippen LogP contribution in [0.25, 0.3) is 10.8 Å². The van der Waals surface area contributed by atoms with Gasteiger partial charge >= 0.3 is 0 Å². The minimum absolute atomic E-state index is 0. The van der Waals surface area contributed by atoms with Crippen LogP contribution in [0.5, 0.6) is 5.75 Å². The van der Waals surface area contributed by atoms with Crippen molar-refractivity contribution in [3.8, 4) is 5.75 Å². The number of carbonyl (C=O) groups is 1. The smallest absolute Gasteiger partial charge is 0.238 e. The van der Waals surface area contributed by atoms with Crippen LogP contribution in [0.15, 0.2) is 36.4 Å². The number of anilines is 1. The van der Waals surface area contributed by atoms with Gasteiger partial charge in [-0.15, -0.1) is 12.4 Å². The van der Waals surface area contributed by atoms with Crippen LogP contribution < -0.4 is 9.75 Å². The fourth-order valence-corrected chi connectivity index (χ4v) is 3.47. The Morgan fingerprint density at radius 3 is 2.54 bits per heavy atom. The molecular formula is C21H29ClN2O2. The molecular weight excluding hydrogens is 348 g/mol. The van der Waals surface area contributed by atoms with E-state index in [-0.39, 0.29) is 18.3 Å². The molecule has 0 aromatic heterocycles. The van der Waals surface area contributed by atoms with Crippen molar-refractivity contribution >= 4 is 34.8 Å². The zero-order valence-electron chi connectivity index (χ0n) is 15.7. The Bertz CT molecular complexity index is 729. The first-order chi connectivity index (χ1) is 12.2. The molecule has 5 heteroatoms. The number of carbonyl (C=O) groups excluding carboxylic acids is 1. The molecule has 0 radical (unpaired) electrons. The van der Waals surface area contributed by atoms with Crippen molar-refractivity contribution in [1.29, 1.82) is 0 Å². The second kappa shape index (κ2) is 9.79. The SMILES string of the molecule is CCCCOc1ccc2ccccc2c1N(C(C)=O)N1CCCCC1.Cl. The van der Waals surface area contributed by atoms with Gasteiger partial charge in [0.05, 0.1) is 6.61 Å². The van der Waals surface area contributed by atoms with Crippen molar-refractivity contribution in [2.24, 2.45) is 0 Å². The third kappa shape index (κ3) is 4.49. The molecule has 1 fully saturated rings. The predicted octanol–water partition coefficient (Wildman–Crippen LogP) is 5.19. The van der Waals surface area contributed by atoms with Crippen molar-refractivity contribution < 1.29 is 9.53 Å². The molecule has 1 saturated heterocycles. The molecule has 0 atom stereocenters. The molecule has 0 unspecified atom stereocenters. The van der Waals surface area contributed by atoms with Gasteiger partial charge in [-0.1, -0.05) is 50.1 Å². The van der Waals surface area contributed by atoms with E-state index in [1.807, 2.05) is 23.2 Å². The zero-order chi connectivity index (χ0) is 17.6. The summed E-state index contributed by atoms with van der Waals surface area (Å²) < 4.78 is 6.09. The van der Waals surface area contributed by atoms with E-state index in [2.05, 4.69) is 30.1 Å². The van der Waals surface area contributed by atoms with E-state index in [1.165, 1.54) is 6.42 Å². The standard InChI is InChI=1S/C21H28N2O2.ClH/c1-3-4-16-25-20-13-12-18-10-6-7-11-19(18)21(20)23(17(2)24)22-14-8-5-9-15-22;/h6-7,10-13H,3-5,8-9,14-16H2,1-2H3;1H. The van der Waals surface area contributed by atoms with Crippen molar-refractivity contribution in [2.75, 3.05) is 24.7 Å². The summed E-state index contributed by atoms with van der Waals surface area (Å²) in [6.45, 7) is 6.30. The van der Waals surface area contributed by atoms with Gasteiger partial charge < -0.3 is 4.74 Å². The fraction of sp³-hybridized carbons (Fsp3) is 0.476. The second-order valence-corrected chi connectivity index (χ2v) is 6.68. The monoisotopic (exact) mass is 376 g/mol. The number of halogens is 1. The highest BCUT2D eigenvalue weighted by Gasteiger charge is 2.26. The molecule has 2 aromatic carbocycles. The van der Waals surface area contributed by atoms with Gasteiger partial charge in [0.2, 0.25) is 5.91 Å². The van der Waals surface area contributed by atoms with E-state index in [1.54, 1.807) is 6.92 Å². The number of hydrogen-bond donors (Lipinski definition) is 0. The molecule has 0 spiro atoms. The van der Waals surface area contributed by atoms with Crippen LogP contribution in [0.1, 0.15) is 46.0 Å².